The van der Waals surface area contributed by atoms with E-state index in [0.29, 0.717) is 30.6 Å². The Morgan fingerprint density at radius 3 is 2.80 bits per heavy atom. The number of rotatable bonds is 5. The van der Waals surface area contributed by atoms with Gasteiger partial charge in [0, 0.05) is 19.6 Å². The van der Waals surface area contributed by atoms with Crippen molar-refractivity contribution in [1.82, 2.24) is 9.62 Å². The zero-order chi connectivity index (χ0) is 14.8. The number of nitrogens with one attached hydrogen (secondary N) is 1. The van der Waals surface area contributed by atoms with E-state index in [4.69, 9.17) is 11.6 Å². The summed E-state index contributed by atoms with van der Waals surface area (Å²) in [4.78, 5) is 0.226. The minimum absolute atomic E-state index is 0.226. The Morgan fingerprint density at radius 2 is 2.20 bits per heavy atom. The first-order valence-electron chi connectivity index (χ1n) is 6.94. The molecule has 1 saturated heterocycles. The fourth-order valence-electron chi connectivity index (χ4n) is 2.38. The van der Waals surface area contributed by atoms with Gasteiger partial charge in [0.25, 0.3) is 0 Å². The van der Waals surface area contributed by atoms with Crippen LogP contribution >= 0.6 is 11.6 Å². The Bertz CT molecular complexity index is 575. The van der Waals surface area contributed by atoms with Gasteiger partial charge in [0.2, 0.25) is 10.0 Å². The summed E-state index contributed by atoms with van der Waals surface area (Å²) in [7, 11) is -3.48. The average Bonchev–Trinajstić information content (AvgIpc) is 2.85. The van der Waals surface area contributed by atoms with Crippen LogP contribution in [0.25, 0.3) is 0 Å². The maximum atomic E-state index is 12.6. The molecule has 0 spiro atoms. The van der Waals surface area contributed by atoms with Crippen LogP contribution in [-0.4, -0.2) is 32.4 Å². The predicted octanol–water partition coefficient (Wildman–Crippen LogP) is 2.48. The molecule has 1 unspecified atom stereocenters. The third-order valence-corrected chi connectivity index (χ3v) is 5.93. The lowest BCUT2D eigenvalue weighted by Crippen LogP contribution is -2.29. The van der Waals surface area contributed by atoms with E-state index in [1.54, 1.807) is 12.1 Å². The minimum Gasteiger partial charge on any atom is -0.313 e. The standard InChI is InChI=1S/C14H21ClN2O2S/c1-3-16-9-12-4-5-13(15)14(8-12)20(18,19)17-7-6-11(2)10-17/h4-5,8,11,16H,3,6-7,9-10H2,1-2H3. The molecule has 0 amide bonds. The number of hydrogen-bond donors (Lipinski definition) is 1. The molecule has 4 nitrogen and oxygen atoms in total. The number of hydrogen-bond acceptors (Lipinski definition) is 3. The number of nitrogens with zero attached hydrogens (tertiary/aromatic N) is 1. The van der Waals surface area contributed by atoms with Crippen LogP contribution < -0.4 is 5.32 Å². The first-order valence-corrected chi connectivity index (χ1v) is 8.76. The van der Waals surface area contributed by atoms with Gasteiger partial charge in [0.15, 0.2) is 0 Å². The van der Waals surface area contributed by atoms with Gasteiger partial charge in [-0.05, 0) is 36.6 Å². The highest BCUT2D eigenvalue weighted by Crippen LogP contribution is 2.29. The van der Waals surface area contributed by atoms with Crippen LogP contribution in [0, 0.1) is 5.92 Å². The van der Waals surface area contributed by atoms with Crippen molar-refractivity contribution in [2.45, 2.75) is 31.7 Å². The van der Waals surface area contributed by atoms with Crippen molar-refractivity contribution < 1.29 is 8.42 Å². The second-order valence-electron chi connectivity index (χ2n) is 5.30. The van der Waals surface area contributed by atoms with Crippen LogP contribution in [0.5, 0.6) is 0 Å². The van der Waals surface area contributed by atoms with E-state index < -0.39 is 10.0 Å². The summed E-state index contributed by atoms with van der Waals surface area (Å²) < 4.78 is 26.8. The van der Waals surface area contributed by atoms with Gasteiger partial charge in [-0.3, -0.25) is 0 Å². The highest BCUT2D eigenvalue weighted by molar-refractivity contribution is 7.89. The zero-order valence-corrected chi connectivity index (χ0v) is 13.5. The highest BCUT2D eigenvalue weighted by atomic mass is 35.5. The molecule has 1 N–H and O–H groups in total. The lowest BCUT2D eigenvalue weighted by molar-refractivity contribution is 0.464. The molecule has 0 bridgehead atoms. The molecule has 20 heavy (non-hydrogen) atoms. The van der Waals surface area contributed by atoms with Crippen LogP contribution in [-0.2, 0) is 16.6 Å². The Labute approximate surface area is 126 Å². The van der Waals surface area contributed by atoms with E-state index in [-0.39, 0.29) is 4.90 Å². The molecule has 1 aromatic carbocycles. The van der Waals surface area contributed by atoms with E-state index in [0.717, 1.165) is 18.5 Å². The van der Waals surface area contributed by atoms with Gasteiger partial charge < -0.3 is 5.32 Å². The summed E-state index contributed by atoms with van der Waals surface area (Å²) in [5, 5.41) is 3.48. The normalized spacial score (nSPS) is 20.4. The van der Waals surface area contributed by atoms with Gasteiger partial charge >= 0.3 is 0 Å². The molecular formula is C14H21ClN2O2S. The maximum absolute atomic E-state index is 12.6. The first kappa shape index (κ1) is 15.8. The summed E-state index contributed by atoms with van der Waals surface area (Å²) in [5.74, 6) is 0.411. The topological polar surface area (TPSA) is 49.4 Å². The molecule has 1 heterocycles. The molecule has 0 aromatic heterocycles. The Hall–Kier alpha value is -0.620. The van der Waals surface area contributed by atoms with Crippen molar-refractivity contribution in [3.8, 4) is 0 Å². The quantitative estimate of drug-likeness (QED) is 0.908. The molecule has 1 aliphatic heterocycles. The average molecular weight is 317 g/mol. The van der Waals surface area contributed by atoms with Crippen LogP contribution in [0.2, 0.25) is 5.02 Å². The van der Waals surface area contributed by atoms with E-state index in [1.807, 2.05) is 13.0 Å². The van der Waals surface area contributed by atoms with Crippen molar-refractivity contribution in [2.24, 2.45) is 5.92 Å². The summed E-state index contributed by atoms with van der Waals surface area (Å²) in [6.45, 7) is 6.73. The lowest BCUT2D eigenvalue weighted by atomic mass is 10.2. The van der Waals surface area contributed by atoms with Crippen molar-refractivity contribution in [2.75, 3.05) is 19.6 Å². The molecule has 1 fully saturated rings. The second-order valence-corrected chi connectivity index (χ2v) is 7.62. The lowest BCUT2D eigenvalue weighted by Gasteiger charge is -2.17. The maximum Gasteiger partial charge on any atom is 0.244 e. The molecule has 1 aromatic rings. The fourth-order valence-corrected chi connectivity index (χ4v) is 4.48. The van der Waals surface area contributed by atoms with E-state index in [9.17, 15) is 8.42 Å². The predicted molar refractivity (Wildman–Crippen MR) is 81.4 cm³/mol. The van der Waals surface area contributed by atoms with E-state index in [1.165, 1.54) is 4.31 Å². The smallest absolute Gasteiger partial charge is 0.244 e. The van der Waals surface area contributed by atoms with Crippen molar-refractivity contribution in [3.63, 3.8) is 0 Å². The zero-order valence-electron chi connectivity index (χ0n) is 11.9. The fraction of sp³-hybridized carbons (Fsp3) is 0.571. The van der Waals surface area contributed by atoms with Gasteiger partial charge in [-0.25, -0.2) is 8.42 Å². The summed E-state index contributed by atoms with van der Waals surface area (Å²) >= 11 is 6.10. The van der Waals surface area contributed by atoms with Crippen molar-refractivity contribution >= 4 is 21.6 Å². The molecule has 2 rings (SSSR count). The van der Waals surface area contributed by atoms with Gasteiger partial charge in [-0.15, -0.1) is 0 Å². The van der Waals surface area contributed by atoms with Gasteiger partial charge in [-0.1, -0.05) is 31.5 Å². The third kappa shape index (κ3) is 3.34. The number of benzene rings is 1. The monoisotopic (exact) mass is 316 g/mol. The molecule has 1 atom stereocenters. The Morgan fingerprint density at radius 1 is 1.45 bits per heavy atom. The molecular weight excluding hydrogens is 296 g/mol. The van der Waals surface area contributed by atoms with Crippen molar-refractivity contribution in [3.05, 3.63) is 28.8 Å². The van der Waals surface area contributed by atoms with E-state index >= 15 is 0 Å². The highest BCUT2D eigenvalue weighted by Gasteiger charge is 2.32. The first-order chi connectivity index (χ1) is 9.45. The van der Waals surface area contributed by atoms with Crippen LogP contribution in [0.4, 0.5) is 0 Å². The molecule has 112 valence electrons. The van der Waals surface area contributed by atoms with Crippen LogP contribution in [0.1, 0.15) is 25.8 Å². The number of sulfonamides is 1. The third-order valence-electron chi connectivity index (χ3n) is 3.58. The van der Waals surface area contributed by atoms with Gasteiger partial charge in [0.05, 0.1) is 5.02 Å². The van der Waals surface area contributed by atoms with Crippen LogP contribution in [0.3, 0.4) is 0 Å². The summed E-state index contributed by atoms with van der Waals surface area (Å²) in [6, 6.07) is 5.21. The molecule has 6 heteroatoms. The largest absolute Gasteiger partial charge is 0.313 e. The molecule has 0 saturated carbocycles. The summed E-state index contributed by atoms with van der Waals surface area (Å²) in [5.41, 5.74) is 0.932. The summed E-state index contributed by atoms with van der Waals surface area (Å²) in [6.07, 6.45) is 0.911. The SMILES string of the molecule is CCNCc1ccc(Cl)c(S(=O)(=O)N2CCC(C)C2)c1. The van der Waals surface area contributed by atoms with Gasteiger partial charge in [0.1, 0.15) is 4.90 Å². The minimum atomic E-state index is -3.48. The number of halogens is 1. The molecule has 1 aliphatic rings. The Balaban J connectivity index is 2.30. The van der Waals surface area contributed by atoms with Crippen molar-refractivity contribution in [1.29, 1.82) is 0 Å². The molecule has 0 aliphatic carbocycles. The van der Waals surface area contributed by atoms with E-state index in [2.05, 4.69) is 12.2 Å². The molecule has 0 radical (unpaired) electrons. The van der Waals surface area contributed by atoms with Crippen LogP contribution in [0.15, 0.2) is 23.1 Å². The Kier molecular flexibility index (Phi) is 5.07. The second kappa shape index (κ2) is 6.43. The van der Waals surface area contributed by atoms with Gasteiger partial charge in [-0.2, -0.15) is 4.31 Å².